The van der Waals surface area contributed by atoms with Gasteiger partial charge in [-0.05, 0) is 36.8 Å². The first kappa shape index (κ1) is 19.7. The number of carbonyl (C=O) groups excluding carboxylic acids is 1. The Morgan fingerprint density at radius 1 is 1.12 bits per heavy atom. The van der Waals surface area contributed by atoms with Crippen LogP contribution >= 0.6 is 11.8 Å². The average Bonchev–Trinajstić information content (AvgIpc) is 2.65. The van der Waals surface area contributed by atoms with Crippen molar-refractivity contribution in [1.29, 1.82) is 0 Å². The van der Waals surface area contributed by atoms with E-state index >= 15 is 0 Å². The molecule has 0 heterocycles. The van der Waals surface area contributed by atoms with Crippen LogP contribution in [0.4, 0.5) is 0 Å². The number of ether oxygens (including phenoxy) is 2. The van der Waals surface area contributed by atoms with E-state index < -0.39 is 11.2 Å². The van der Waals surface area contributed by atoms with E-state index in [4.69, 9.17) is 9.47 Å². The Morgan fingerprint density at radius 2 is 1.81 bits per heavy atom. The van der Waals surface area contributed by atoms with Gasteiger partial charge in [-0.15, -0.1) is 11.8 Å². The lowest BCUT2D eigenvalue weighted by molar-refractivity contribution is -0.120. The van der Waals surface area contributed by atoms with Crippen LogP contribution in [0.3, 0.4) is 0 Å². The molecular weight excluding hydrogens is 354 g/mol. The standard InChI is InChI=1S/C19H21NO5S/c1-12(26-17-7-5-4-6-14(17)19(22)23)18(21)20-11-13-8-9-15(24-2)16(10-13)25-3/h4-10,12H,11H2,1-3H3,(H,20,21)(H,22,23). The monoisotopic (exact) mass is 375 g/mol. The smallest absolute Gasteiger partial charge is 0.336 e. The van der Waals surface area contributed by atoms with Crippen LogP contribution in [0.5, 0.6) is 11.5 Å². The predicted octanol–water partition coefficient (Wildman–Crippen LogP) is 3.20. The number of aromatic carboxylic acids is 1. The summed E-state index contributed by atoms with van der Waals surface area (Å²) in [7, 11) is 3.12. The number of carboxylic acids is 1. The van der Waals surface area contributed by atoms with E-state index in [2.05, 4.69) is 5.32 Å². The molecule has 6 nitrogen and oxygen atoms in total. The maximum atomic E-state index is 12.3. The van der Waals surface area contributed by atoms with Gasteiger partial charge < -0.3 is 19.9 Å². The summed E-state index contributed by atoms with van der Waals surface area (Å²) in [6.45, 7) is 2.08. The first-order chi connectivity index (χ1) is 12.5. The van der Waals surface area contributed by atoms with Gasteiger partial charge in [0.15, 0.2) is 11.5 Å². The number of hydrogen-bond donors (Lipinski definition) is 2. The van der Waals surface area contributed by atoms with Crippen molar-refractivity contribution in [1.82, 2.24) is 5.32 Å². The molecule has 0 saturated heterocycles. The van der Waals surface area contributed by atoms with Gasteiger partial charge in [0, 0.05) is 11.4 Å². The summed E-state index contributed by atoms with van der Waals surface area (Å²) in [5.74, 6) is 0.0323. The Balaban J connectivity index is 1.99. The highest BCUT2D eigenvalue weighted by Crippen LogP contribution is 2.28. The van der Waals surface area contributed by atoms with E-state index in [-0.39, 0.29) is 11.5 Å². The average molecular weight is 375 g/mol. The maximum absolute atomic E-state index is 12.3. The number of benzene rings is 2. The molecule has 2 rings (SSSR count). The van der Waals surface area contributed by atoms with Crippen molar-refractivity contribution in [2.24, 2.45) is 0 Å². The lowest BCUT2D eigenvalue weighted by Crippen LogP contribution is -2.30. The van der Waals surface area contributed by atoms with E-state index in [1.807, 2.05) is 6.07 Å². The molecule has 0 radical (unpaired) electrons. The number of carbonyl (C=O) groups is 2. The van der Waals surface area contributed by atoms with E-state index in [1.54, 1.807) is 51.5 Å². The number of amides is 1. The van der Waals surface area contributed by atoms with Gasteiger partial charge in [-0.2, -0.15) is 0 Å². The molecule has 2 N–H and O–H groups in total. The van der Waals surface area contributed by atoms with Gasteiger partial charge in [0.25, 0.3) is 0 Å². The van der Waals surface area contributed by atoms with Crippen molar-refractivity contribution in [3.8, 4) is 11.5 Å². The molecule has 0 aliphatic rings. The molecule has 0 aliphatic carbocycles. The van der Waals surface area contributed by atoms with Gasteiger partial charge in [0.1, 0.15) is 0 Å². The molecule has 0 bridgehead atoms. The normalized spacial score (nSPS) is 11.5. The van der Waals surface area contributed by atoms with Gasteiger partial charge in [-0.3, -0.25) is 4.79 Å². The third-order valence-electron chi connectivity index (χ3n) is 3.71. The Bertz CT molecular complexity index is 793. The first-order valence-electron chi connectivity index (χ1n) is 7.93. The second-order valence-corrected chi connectivity index (χ2v) is 6.85. The van der Waals surface area contributed by atoms with Crippen LogP contribution in [0.1, 0.15) is 22.8 Å². The van der Waals surface area contributed by atoms with Crippen LogP contribution in [-0.4, -0.2) is 36.5 Å². The fourth-order valence-corrected chi connectivity index (χ4v) is 3.32. The summed E-state index contributed by atoms with van der Waals surface area (Å²) >= 11 is 1.22. The van der Waals surface area contributed by atoms with Crippen LogP contribution in [0.25, 0.3) is 0 Å². The summed E-state index contributed by atoms with van der Waals surface area (Å²) in [6.07, 6.45) is 0. The van der Waals surface area contributed by atoms with Crippen LogP contribution in [-0.2, 0) is 11.3 Å². The molecular formula is C19H21NO5S. The van der Waals surface area contributed by atoms with Crippen molar-refractivity contribution < 1.29 is 24.2 Å². The van der Waals surface area contributed by atoms with Gasteiger partial charge in [-0.25, -0.2) is 4.79 Å². The fraction of sp³-hybridized carbons (Fsp3) is 0.263. The minimum absolute atomic E-state index is 0.176. The maximum Gasteiger partial charge on any atom is 0.336 e. The Kier molecular flexibility index (Phi) is 6.91. The number of carboxylic acid groups (broad SMARTS) is 1. The number of rotatable bonds is 8. The minimum Gasteiger partial charge on any atom is -0.493 e. The highest BCUT2D eigenvalue weighted by molar-refractivity contribution is 8.00. The minimum atomic E-state index is -1.01. The molecule has 0 aromatic heterocycles. The van der Waals surface area contributed by atoms with E-state index in [0.29, 0.717) is 22.9 Å². The SMILES string of the molecule is COc1ccc(CNC(=O)C(C)Sc2ccccc2C(=O)O)cc1OC. The third kappa shape index (κ3) is 4.92. The van der Waals surface area contributed by atoms with Crippen LogP contribution < -0.4 is 14.8 Å². The van der Waals surface area contributed by atoms with Crippen LogP contribution in [0.2, 0.25) is 0 Å². The molecule has 138 valence electrons. The molecule has 2 aromatic rings. The van der Waals surface area contributed by atoms with Gasteiger partial charge in [-0.1, -0.05) is 18.2 Å². The third-order valence-corrected chi connectivity index (χ3v) is 4.88. The molecule has 0 spiro atoms. The van der Waals surface area contributed by atoms with Gasteiger partial charge in [0.05, 0.1) is 25.0 Å². The molecule has 2 aromatic carbocycles. The summed E-state index contributed by atoms with van der Waals surface area (Å²) in [4.78, 5) is 24.2. The largest absolute Gasteiger partial charge is 0.493 e. The molecule has 0 saturated carbocycles. The van der Waals surface area contributed by atoms with Crippen molar-refractivity contribution in [2.45, 2.75) is 23.6 Å². The number of thioether (sulfide) groups is 1. The Labute approximate surface area is 156 Å². The van der Waals surface area contributed by atoms with Crippen LogP contribution in [0.15, 0.2) is 47.4 Å². The van der Waals surface area contributed by atoms with Gasteiger partial charge in [0.2, 0.25) is 5.91 Å². The van der Waals surface area contributed by atoms with E-state index in [0.717, 1.165) is 5.56 Å². The van der Waals surface area contributed by atoms with Crippen molar-refractivity contribution >= 4 is 23.6 Å². The quantitative estimate of drug-likeness (QED) is 0.689. The molecule has 26 heavy (non-hydrogen) atoms. The zero-order valence-corrected chi connectivity index (χ0v) is 15.6. The topological polar surface area (TPSA) is 84.9 Å². The molecule has 0 fully saturated rings. The van der Waals surface area contributed by atoms with Crippen molar-refractivity contribution in [3.63, 3.8) is 0 Å². The predicted molar refractivity (Wildman–Crippen MR) is 100 cm³/mol. The second kappa shape index (κ2) is 9.15. The number of methoxy groups -OCH3 is 2. The molecule has 1 atom stereocenters. The molecule has 0 aliphatic heterocycles. The number of hydrogen-bond acceptors (Lipinski definition) is 5. The summed E-state index contributed by atoms with van der Waals surface area (Å²) < 4.78 is 10.4. The first-order valence-corrected chi connectivity index (χ1v) is 8.81. The summed E-state index contributed by atoms with van der Waals surface area (Å²) in [6, 6.07) is 12.1. The lowest BCUT2D eigenvalue weighted by Gasteiger charge is -2.14. The zero-order valence-electron chi connectivity index (χ0n) is 14.8. The van der Waals surface area contributed by atoms with Crippen LogP contribution in [0, 0.1) is 0 Å². The highest BCUT2D eigenvalue weighted by atomic mass is 32.2. The number of nitrogens with one attached hydrogen (secondary N) is 1. The van der Waals surface area contributed by atoms with E-state index in [9.17, 15) is 14.7 Å². The van der Waals surface area contributed by atoms with Crippen molar-refractivity contribution in [2.75, 3.05) is 14.2 Å². The fourth-order valence-electron chi connectivity index (χ4n) is 2.31. The zero-order chi connectivity index (χ0) is 19.1. The molecule has 1 amide bonds. The lowest BCUT2D eigenvalue weighted by atomic mass is 10.2. The van der Waals surface area contributed by atoms with Gasteiger partial charge >= 0.3 is 5.97 Å². The Morgan fingerprint density at radius 3 is 2.46 bits per heavy atom. The summed E-state index contributed by atoms with van der Waals surface area (Å²) in [5.41, 5.74) is 1.07. The second-order valence-electron chi connectivity index (χ2n) is 5.47. The highest BCUT2D eigenvalue weighted by Gasteiger charge is 2.18. The Hall–Kier alpha value is -2.67. The van der Waals surface area contributed by atoms with Crippen molar-refractivity contribution in [3.05, 3.63) is 53.6 Å². The molecule has 7 heteroatoms. The summed E-state index contributed by atoms with van der Waals surface area (Å²) in [5, 5.41) is 11.6. The van der Waals surface area contributed by atoms with E-state index in [1.165, 1.54) is 17.8 Å². The molecule has 1 unspecified atom stereocenters.